The van der Waals surface area contributed by atoms with E-state index in [1.54, 1.807) is 0 Å². The molecule has 2 aromatic carbocycles. The van der Waals surface area contributed by atoms with Crippen LogP contribution in [0.15, 0.2) is 42.5 Å². The SMILES string of the molecule is CC(C)N(CCNC(=O)Nc1ccc2ccccc2c1)C(C)C. The number of carbonyl (C=O) groups excluding carboxylic acids is 1. The second-order valence-electron chi connectivity index (χ2n) is 6.37. The maximum atomic E-state index is 12.0. The van der Waals surface area contributed by atoms with Crippen LogP contribution in [0.2, 0.25) is 0 Å². The summed E-state index contributed by atoms with van der Waals surface area (Å²) in [5.74, 6) is 0. The van der Waals surface area contributed by atoms with Gasteiger partial charge in [0.1, 0.15) is 0 Å². The summed E-state index contributed by atoms with van der Waals surface area (Å²) in [5, 5.41) is 8.12. The maximum absolute atomic E-state index is 12.0. The van der Waals surface area contributed by atoms with Crippen molar-refractivity contribution in [3.63, 3.8) is 0 Å². The third kappa shape index (κ3) is 4.96. The summed E-state index contributed by atoms with van der Waals surface area (Å²) in [6.07, 6.45) is 0. The van der Waals surface area contributed by atoms with Crippen LogP contribution in [-0.4, -0.2) is 36.1 Å². The van der Waals surface area contributed by atoms with Crippen molar-refractivity contribution in [2.45, 2.75) is 39.8 Å². The minimum Gasteiger partial charge on any atom is -0.337 e. The lowest BCUT2D eigenvalue weighted by Gasteiger charge is -2.30. The fourth-order valence-corrected chi connectivity index (χ4v) is 2.85. The molecule has 0 aliphatic heterocycles. The molecule has 2 rings (SSSR count). The van der Waals surface area contributed by atoms with Crippen molar-refractivity contribution in [1.82, 2.24) is 10.2 Å². The van der Waals surface area contributed by atoms with Gasteiger partial charge in [-0.25, -0.2) is 4.79 Å². The van der Waals surface area contributed by atoms with Gasteiger partial charge in [-0.1, -0.05) is 30.3 Å². The standard InChI is InChI=1S/C19H27N3O/c1-14(2)22(15(3)4)12-11-20-19(23)21-18-10-9-16-7-5-6-8-17(16)13-18/h5-10,13-15H,11-12H2,1-4H3,(H2,20,21,23). The first kappa shape index (κ1) is 17.3. The molecule has 23 heavy (non-hydrogen) atoms. The number of hydrogen-bond acceptors (Lipinski definition) is 2. The fourth-order valence-electron chi connectivity index (χ4n) is 2.85. The Bertz CT molecular complexity index is 644. The molecule has 0 unspecified atom stereocenters. The van der Waals surface area contributed by atoms with Crippen molar-refractivity contribution >= 4 is 22.5 Å². The van der Waals surface area contributed by atoms with Gasteiger partial charge in [-0.15, -0.1) is 0 Å². The van der Waals surface area contributed by atoms with Crippen LogP contribution < -0.4 is 10.6 Å². The molecule has 0 fully saturated rings. The summed E-state index contributed by atoms with van der Waals surface area (Å²) in [6, 6.07) is 14.8. The predicted octanol–water partition coefficient (Wildman–Crippen LogP) is 4.08. The van der Waals surface area contributed by atoms with Crippen molar-refractivity contribution in [2.24, 2.45) is 0 Å². The number of rotatable bonds is 6. The molecule has 0 atom stereocenters. The Labute approximate surface area is 138 Å². The number of hydrogen-bond donors (Lipinski definition) is 2. The second kappa shape index (κ2) is 7.97. The van der Waals surface area contributed by atoms with E-state index in [9.17, 15) is 4.79 Å². The van der Waals surface area contributed by atoms with Gasteiger partial charge in [-0.3, -0.25) is 4.90 Å². The number of fused-ring (bicyclic) bond motifs is 1. The highest BCUT2D eigenvalue weighted by molar-refractivity contribution is 5.93. The van der Waals surface area contributed by atoms with E-state index in [1.807, 2.05) is 36.4 Å². The Balaban J connectivity index is 1.86. The molecule has 0 saturated carbocycles. The van der Waals surface area contributed by atoms with Crippen LogP contribution in [0, 0.1) is 0 Å². The number of amides is 2. The summed E-state index contributed by atoms with van der Waals surface area (Å²) >= 11 is 0. The summed E-state index contributed by atoms with van der Waals surface area (Å²) in [4.78, 5) is 14.4. The molecule has 2 amide bonds. The zero-order valence-corrected chi connectivity index (χ0v) is 14.5. The van der Waals surface area contributed by atoms with E-state index in [2.05, 4.69) is 49.3 Å². The van der Waals surface area contributed by atoms with Crippen molar-refractivity contribution in [1.29, 1.82) is 0 Å². The molecule has 0 heterocycles. The zero-order chi connectivity index (χ0) is 16.8. The topological polar surface area (TPSA) is 44.4 Å². The third-order valence-electron chi connectivity index (χ3n) is 3.99. The minimum atomic E-state index is -0.159. The molecular formula is C19H27N3O. The van der Waals surface area contributed by atoms with E-state index in [4.69, 9.17) is 0 Å². The van der Waals surface area contributed by atoms with Crippen molar-refractivity contribution in [3.05, 3.63) is 42.5 Å². The number of benzene rings is 2. The van der Waals surface area contributed by atoms with Crippen LogP contribution in [0.5, 0.6) is 0 Å². The number of nitrogens with zero attached hydrogens (tertiary/aromatic N) is 1. The highest BCUT2D eigenvalue weighted by Gasteiger charge is 2.13. The van der Waals surface area contributed by atoms with Crippen molar-refractivity contribution < 1.29 is 4.79 Å². The number of urea groups is 1. The molecular weight excluding hydrogens is 286 g/mol. The van der Waals surface area contributed by atoms with Crippen LogP contribution in [0.1, 0.15) is 27.7 Å². The number of anilines is 1. The molecule has 0 aliphatic rings. The Morgan fingerprint density at radius 1 is 1.00 bits per heavy atom. The highest BCUT2D eigenvalue weighted by atomic mass is 16.2. The second-order valence-corrected chi connectivity index (χ2v) is 6.37. The summed E-state index contributed by atoms with van der Waals surface area (Å²) in [6.45, 7) is 10.2. The Morgan fingerprint density at radius 3 is 2.30 bits per heavy atom. The smallest absolute Gasteiger partial charge is 0.319 e. The van der Waals surface area contributed by atoms with E-state index in [0.717, 1.165) is 17.6 Å². The van der Waals surface area contributed by atoms with Gasteiger partial charge in [-0.05, 0) is 50.6 Å². The quantitative estimate of drug-likeness (QED) is 0.844. The molecule has 0 spiro atoms. The average molecular weight is 313 g/mol. The van der Waals surface area contributed by atoms with Gasteiger partial charge in [0.2, 0.25) is 0 Å². The van der Waals surface area contributed by atoms with Gasteiger partial charge in [0.25, 0.3) is 0 Å². The van der Waals surface area contributed by atoms with E-state index < -0.39 is 0 Å². The summed E-state index contributed by atoms with van der Waals surface area (Å²) in [7, 11) is 0. The van der Waals surface area contributed by atoms with Crippen LogP contribution in [0.25, 0.3) is 10.8 Å². The van der Waals surface area contributed by atoms with Crippen LogP contribution in [0.3, 0.4) is 0 Å². The maximum Gasteiger partial charge on any atom is 0.319 e. The summed E-state index contributed by atoms with van der Waals surface area (Å²) < 4.78 is 0. The molecule has 0 radical (unpaired) electrons. The molecule has 2 aromatic rings. The van der Waals surface area contributed by atoms with Gasteiger partial charge >= 0.3 is 6.03 Å². The summed E-state index contributed by atoms with van der Waals surface area (Å²) in [5.41, 5.74) is 0.811. The first-order valence-corrected chi connectivity index (χ1v) is 8.27. The van der Waals surface area contributed by atoms with Gasteiger partial charge in [-0.2, -0.15) is 0 Å². The molecule has 124 valence electrons. The molecule has 2 N–H and O–H groups in total. The van der Waals surface area contributed by atoms with Gasteiger partial charge in [0.15, 0.2) is 0 Å². The monoisotopic (exact) mass is 313 g/mol. The molecule has 0 bridgehead atoms. The average Bonchev–Trinajstić information content (AvgIpc) is 2.50. The lowest BCUT2D eigenvalue weighted by molar-refractivity contribution is 0.176. The molecule has 0 saturated heterocycles. The Kier molecular flexibility index (Phi) is 5.99. The van der Waals surface area contributed by atoms with Crippen LogP contribution >= 0.6 is 0 Å². The molecule has 4 nitrogen and oxygen atoms in total. The van der Waals surface area contributed by atoms with Crippen LogP contribution in [-0.2, 0) is 0 Å². The fraction of sp³-hybridized carbons (Fsp3) is 0.421. The number of carbonyl (C=O) groups is 1. The highest BCUT2D eigenvalue weighted by Crippen LogP contribution is 2.18. The van der Waals surface area contributed by atoms with E-state index >= 15 is 0 Å². The van der Waals surface area contributed by atoms with E-state index in [0.29, 0.717) is 18.6 Å². The van der Waals surface area contributed by atoms with E-state index in [1.165, 1.54) is 5.39 Å². The zero-order valence-electron chi connectivity index (χ0n) is 14.5. The van der Waals surface area contributed by atoms with E-state index in [-0.39, 0.29) is 6.03 Å². The minimum absolute atomic E-state index is 0.159. The molecule has 4 heteroatoms. The number of nitrogens with one attached hydrogen (secondary N) is 2. The first-order chi connectivity index (χ1) is 11.0. The lowest BCUT2D eigenvalue weighted by atomic mass is 10.1. The third-order valence-corrected chi connectivity index (χ3v) is 3.99. The Morgan fingerprint density at radius 2 is 1.65 bits per heavy atom. The van der Waals surface area contributed by atoms with Crippen molar-refractivity contribution in [2.75, 3.05) is 18.4 Å². The molecule has 0 aliphatic carbocycles. The lowest BCUT2D eigenvalue weighted by Crippen LogP contribution is -2.43. The van der Waals surface area contributed by atoms with Crippen LogP contribution in [0.4, 0.5) is 10.5 Å². The molecule has 0 aromatic heterocycles. The van der Waals surface area contributed by atoms with Gasteiger partial charge < -0.3 is 10.6 Å². The van der Waals surface area contributed by atoms with Crippen molar-refractivity contribution in [3.8, 4) is 0 Å². The van der Waals surface area contributed by atoms with Gasteiger partial charge in [0.05, 0.1) is 0 Å². The van der Waals surface area contributed by atoms with Gasteiger partial charge in [0, 0.05) is 30.9 Å². The predicted molar refractivity (Wildman–Crippen MR) is 97.9 cm³/mol. The Hall–Kier alpha value is -2.07. The normalized spacial score (nSPS) is 11.4. The largest absolute Gasteiger partial charge is 0.337 e. The first-order valence-electron chi connectivity index (χ1n) is 8.27.